The van der Waals surface area contributed by atoms with Gasteiger partial charge in [-0.3, -0.25) is 4.79 Å². The molecule has 1 fully saturated rings. The molecule has 4 rings (SSSR count). The minimum atomic E-state index is -2.68. The molecule has 1 atom stereocenters. The summed E-state index contributed by atoms with van der Waals surface area (Å²) in [5, 5.41) is 5.87. The number of aryl methyl sites for hydroxylation is 1. The first-order valence-electron chi connectivity index (χ1n) is 8.90. The van der Waals surface area contributed by atoms with Gasteiger partial charge in [-0.05, 0) is 24.6 Å². The Morgan fingerprint density at radius 1 is 1.22 bits per heavy atom. The molecule has 2 aliphatic heterocycles. The molecule has 2 aromatic heterocycles. The summed E-state index contributed by atoms with van der Waals surface area (Å²) in [6.45, 7) is 5.33. The Morgan fingerprint density at radius 2 is 2.00 bits per heavy atom. The van der Waals surface area contributed by atoms with Crippen molar-refractivity contribution in [2.24, 2.45) is 0 Å². The Kier molecular flexibility index (Phi) is 4.69. The Labute approximate surface area is 155 Å². The van der Waals surface area contributed by atoms with Crippen molar-refractivity contribution in [1.82, 2.24) is 20.3 Å². The van der Waals surface area contributed by atoms with Crippen molar-refractivity contribution in [3.05, 3.63) is 29.6 Å². The maximum Gasteiger partial charge on any atom is 0.246 e. The quantitative estimate of drug-likeness (QED) is 0.855. The van der Waals surface area contributed by atoms with Gasteiger partial charge < -0.3 is 15.5 Å². The molecule has 0 aliphatic carbocycles. The van der Waals surface area contributed by atoms with Gasteiger partial charge in [-0.15, -0.1) is 0 Å². The molecule has 0 spiro atoms. The van der Waals surface area contributed by atoms with Crippen LogP contribution in [0.15, 0.2) is 18.5 Å². The molecule has 0 radical (unpaired) electrons. The maximum absolute atomic E-state index is 13.6. The van der Waals surface area contributed by atoms with Crippen molar-refractivity contribution in [3.63, 3.8) is 0 Å². The first kappa shape index (κ1) is 17.7. The van der Waals surface area contributed by atoms with E-state index in [9.17, 15) is 13.6 Å². The third-order valence-electron chi connectivity index (χ3n) is 4.86. The summed E-state index contributed by atoms with van der Waals surface area (Å²) in [6, 6.07) is 3.81. The largest absolute Gasteiger partial charge is 0.354 e. The second-order valence-electron chi connectivity index (χ2n) is 6.80. The van der Waals surface area contributed by atoms with Crippen molar-refractivity contribution in [2.75, 3.05) is 36.4 Å². The second-order valence-corrected chi connectivity index (χ2v) is 6.80. The number of fused-ring (bicyclic) bond motifs is 1. The zero-order valence-corrected chi connectivity index (χ0v) is 14.9. The lowest BCUT2D eigenvalue weighted by atomic mass is 9.90. The molecule has 9 heteroatoms. The van der Waals surface area contributed by atoms with Gasteiger partial charge in [0.15, 0.2) is 0 Å². The third kappa shape index (κ3) is 3.46. The molecule has 0 aromatic carbocycles. The van der Waals surface area contributed by atoms with Crippen LogP contribution in [0.5, 0.6) is 0 Å². The van der Waals surface area contributed by atoms with E-state index >= 15 is 0 Å². The highest BCUT2D eigenvalue weighted by atomic mass is 19.3. The lowest BCUT2D eigenvalue weighted by Gasteiger charge is -2.29. The summed E-state index contributed by atoms with van der Waals surface area (Å²) in [4.78, 5) is 26.9. The molecule has 4 heterocycles. The standard InChI is InChI=1S/C18H20F2N6O/c1-10-6-12(24-13(7-10)26-4-2-21-3-5-26)16-15-11(17(19)20)8-14(27)25-18(15)23-9-22-16/h6-7,9,11,17,21H,2-5,8H2,1H3,(H,22,23,25,27)/t11-/m1/s1. The van der Waals surface area contributed by atoms with Gasteiger partial charge in [-0.2, -0.15) is 0 Å². The van der Waals surface area contributed by atoms with Crippen molar-refractivity contribution in [3.8, 4) is 11.4 Å². The van der Waals surface area contributed by atoms with Crippen molar-refractivity contribution in [2.45, 2.75) is 25.7 Å². The Bertz CT molecular complexity index is 869. The van der Waals surface area contributed by atoms with Crippen molar-refractivity contribution < 1.29 is 13.6 Å². The van der Waals surface area contributed by atoms with Crippen LogP contribution in [0.1, 0.15) is 23.5 Å². The molecule has 2 N–H and O–H groups in total. The number of rotatable bonds is 3. The highest BCUT2D eigenvalue weighted by molar-refractivity contribution is 5.95. The van der Waals surface area contributed by atoms with E-state index in [1.807, 2.05) is 19.1 Å². The fourth-order valence-corrected chi connectivity index (χ4v) is 3.58. The SMILES string of the molecule is Cc1cc(-c2ncnc3c2[C@H](C(F)F)CC(=O)N3)nc(N2CCNCC2)c1. The van der Waals surface area contributed by atoms with Crippen LogP contribution < -0.4 is 15.5 Å². The number of carbonyl (C=O) groups is 1. The molecule has 7 nitrogen and oxygen atoms in total. The molecule has 0 unspecified atom stereocenters. The number of aromatic nitrogens is 3. The average Bonchev–Trinajstić information content (AvgIpc) is 2.66. The number of hydrogen-bond donors (Lipinski definition) is 2. The summed E-state index contributed by atoms with van der Waals surface area (Å²) in [5.41, 5.74) is 2.10. The number of anilines is 2. The number of carbonyl (C=O) groups excluding carboxylic acids is 1. The predicted molar refractivity (Wildman–Crippen MR) is 97.1 cm³/mol. The predicted octanol–water partition coefficient (Wildman–Crippen LogP) is 1.95. The Morgan fingerprint density at radius 3 is 2.74 bits per heavy atom. The summed E-state index contributed by atoms with van der Waals surface area (Å²) >= 11 is 0. The number of nitrogens with zero attached hydrogens (tertiary/aromatic N) is 4. The highest BCUT2D eigenvalue weighted by Crippen LogP contribution is 2.40. The van der Waals surface area contributed by atoms with Gasteiger partial charge >= 0.3 is 0 Å². The van der Waals surface area contributed by atoms with Crippen molar-refractivity contribution >= 4 is 17.5 Å². The number of nitrogens with one attached hydrogen (secondary N) is 2. The number of hydrogen-bond acceptors (Lipinski definition) is 6. The van der Waals surface area contributed by atoms with Crippen LogP contribution >= 0.6 is 0 Å². The number of piperazine rings is 1. The van der Waals surface area contributed by atoms with E-state index < -0.39 is 18.3 Å². The maximum atomic E-state index is 13.6. The van der Waals surface area contributed by atoms with E-state index in [1.165, 1.54) is 6.33 Å². The van der Waals surface area contributed by atoms with E-state index in [2.05, 4.69) is 25.5 Å². The molecule has 0 saturated carbocycles. The van der Waals surface area contributed by atoms with Crippen LogP contribution in [0.3, 0.4) is 0 Å². The molecule has 2 aromatic rings. The van der Waals surface area contributed by atoms with Gasteiger partial charge in [0.2, 0.25) is 12.3 Å². The number of alkyl halides is 2. The number of pyridine rings is 1. The van der Waals surface area contributed by atoms with Crippen LogP contribution in [0.25, 0.3) is 11.4 Å². The van der Waals surface area contributed by atoms with Crippen LogP contribution in [-0.2, 0) is 4.79 Å². The van der Waals surface area contributed by atoms with E-state index in [0.717, 1.165) is 37.6 Å². The summed E-state index contributed by atoms with van der Waals surface area (Å²) in [7, 11) is 0. The fourth-order valence-electron chi connectivity index (χ4n) is 3.58. The topological polar surface area (TPSA) is 83.0 Å². The van der Waals surface area contributed by atoms with Crippen LogP contribution in [-0.4, -0.2) is 53.5 Å². The van der Waals surface area contributed by atoms with Gasteiger partial charge in [0, 0.05) is 38.2 Å². The van der Waals surface area contributed by atoms with E-state index in [1.54, 1.807) is 0 Å². The normalized spacial score (nSPS) is 19.8. The second kappa shape index (κ2) is 7.15. The minimum absolute atomic E-state index is 0.147. The van der Waals surface area contributed by atoms with Gasteiger partial charge in [0.25, 0.3) is 0 Å². The lowest BCUT2D eigenvalue weighted by molar-refractivity contribution is -0.117. The summed E-state index contributed by atoms with van der Waals surface area (Å²) < 4.78 is 27.3. The number of amides is 1. The molecule has 1 amide bonds. The van der Waals surface area contributed by atoms with Crippen LogP contribution in [0, 0.1) is 6.92 Å². The zero-order chi connectivity index (χ0) is 19.0. The monoisotopic (exact) mass is 374 g/mol. The third-order valence-corrected chi connectivity index (χ3v) is 4.86. The minimum Gasteiger partial charge on any atom is -0.354 e. The molecular formula is C18H20F2N6O. The lowest BCUT2D eigenvalue weighted by Crippen LogP contribution is -2.43. The molecule has 27 heavy (non-hydrogen) atoms. The molecule has 142 valence electrons. The van der Waals surface area contributed by atoms with E-state index in [-0.39, 0.29) is 17.8 Å². The number of halogens is 2. The van der Waals surface area contributed by atoms with E-state index in [4.69, 9.17) is 4.98 Å². The van der Waals surface area contributed by atoms with Crippen LogP contribution in [0.2, 0.25) is 0 Å². The smallest absolute Gasteiger partial charge is 0.246 e. The van der Waals surface area contributed by atoms with Crippen LogP contribution in [0.4, 0.5) is 20.4 Å². The fraction of sp³-hybridized carbons (Fsp3) is 0.444. The highest BCUT2D eigenvalue weighted by Gasteiger charge is 2.36. The molecule has 0 bridgehead atoms. The molecular weight excluding hydrogens is 354 g/mol. The Hall–Kier alpha value is -2.68. The van der Waals surface area contributed by atoms with Gasteiger partial charge in [-0.25, -0.2) is 23.7 Å². The summed E-state index contributed by atoms with van der Waals surface area (Å²) in [5.74, 6) is -0.757. The Balaban J connectivity index is 1.81. The zero-order valence-electron chi connectivity index (χ0n) is 14.9. The average molecular weight is 374 g/mol. The van der Waals surface area contributed by atoms with Gasteiger partial charge in [0.05, 0.1) is 17.3 Å². The van der Waals surface area contributed by atoms with E-state index in [0.29, 0.717) is 11.4 Å². The first-order valence-corrected chi connectivity index (χ1v) is 8.90. The first-order chi connectivity index (χ1) is 13.0. The van der Waals surface area contributed by atoms with Gasteiger partial charge in [-0.1, -0.05) is 0 Å². The molecule has 1 saturated heterocycles. The van der Waals surface area contributed by atoms with Crippen molar-refractivity contribution in [1.29, 1.82) is 0 Å². The summed E-state index contributed by atoms with van der Waals surface area (Å²) in [6.07, 6.45) is -1.70. The van der Waals surface area contributed by atoms with Gasteiger partial charge in [0.1, 0.15) is 18.0 Å². The molecule has 2 aliphatic rings.